The number of fused-ring (bicyclic) bond motifs is 1. The second-order valence-electron chi connectivity index (χ2n) is 5.77. The van der Waals surface area contributed by atoms with Crippen LogP contribution in [-0.2, 0) is 0 Å². The number of allylic oxidation sites excluding steroid dienone is 2. The highest BCUT2D eigenvalue weighted by atomic mass is 15.0. The number of nitrogens with zero attached hydrogens (tertiary/aromatic N) is 1. The molecule has 2 atom stereocenters. The lowest BCUT2D eigenvalue weighted by molar-refractivity contribution is 0.562. The second-order valence-corrected chi connectivity index (χ2v) is 5.77. The van der Waals surface area contributed by atoms with Gasteiger partial charge >= 0.3 is 0 Å². The third-order valence-electron chi connectivity index (χ3n) is 3.68. The van der Waals surface area contributed by atoms with Crippen molar-refractivity contribution in [2.75, 3.05) is 0 Å². The summed E-state index contributed by atoms with van der Waals surface area (Å²) < 4.78 is 0. The molecule has 0 aliphatic carbocycles. The predicted octanol–water partition coefficient (Wildman–Crippen LogP) is 1.43. The number of nitrogens with two attached hydrogens (primary N) is 2. The fourth-order valence-corrected chi connectivity index (χ4v) is 2.92. The summed E-state index contributed by atoms with van der Waals surface area (Å²) in [6.07, 6.45) is 1.69. The summed E-state index contributed by atoms with van der Waals surface area (Å²) in [5.74, 6) is -0.0552. The lowest BCUT2D eigenvalue weighted by atomic mass is 9.89. The average Bonchev–Trinajstić information content (AvgIpc) is 2.30. The van der Waals surface area contributed by atoms with E-state index in [9.17, 15) is 0 Å². The van der Waals surface area contributed by atoms with Gasteiger partial charge in [-0.15, -0.1) is 0 Å². The minimum atomic E-state index is -0.334. The summed E-state index contributed by atoms with van der Waals surface area (Å²) in [5.41, 5.74) is 17.9. The zero-order valence-corrected chi connectivity index (χ0v) is 12.7. The normalized spacial score (nSPS) is 22.2. The molecule has 0 bridgehead atoms. The first-order valence-electron chi connectivity index (χ1n) is 6.85. The Morgan fingerprint density at radius 2 is 1.95 bits per heavy atom. The maximum atomic E-state index is 6.40. The van der Waals surface area contributed by atoms with Crippen LogP contribution in [0.3, 0.4) is 0 Å². The van der Waals surface area contributed by atoms with Gasteiger partial charge < -0.3 is 11.5 Å². The van der Waals surface area contributed by atoms with E-state index in [1.165, 1.54) is 5.56 Å². The first kappa shape index (κ1) is 14.5. The molecule has 1 aliphatic rings. The van der Waals surface area contributed by atoms with Crippen LogP contribution >= 0.6 is 0 Å². The van der Waals surface area contributed by atoms with E-state index < -0.39 is 0 Å². The Hall–Kier alpha value is -1.87. The fourth-order valence-electron chi connectivity index (χ4n) is 2.92. The molecular formula is C17H23N3. The van der Waals surface area contributed by atoms with Gasteiger partial charge in [-0.2, -0.15) is 0 Å². The van der Waals surface area contributed by atoms with Gasteiger partial charge in [-0.25, -0.2) is 0 Å². The Kier molecular flexibility index (Phi) is 3.82. The van der Waals surface area contributed by atoms with E-state index in [1.54, 1.807) is 0 Å². The van der Waals surface area contributed by atoms with Gasteiger partial charge in [0.05, 0.1) is 11.3 Å². The van der Waals surface area contributed by atoms with Gasteiger partial charge in [-0.05, 0) is 39.3 Å². The predicted molar refractivity (Wildman–Crippen MR) is 84.3 cm³/mol. The summed E-state index contributed by atoms with van der Waals surface area (Å²) in [7, 11) is 0. The van der Waals surface area contributed by atoms with Crippen LogP contribution in [0.4, 0.5) is 0 Å². The maximum Gasteiger partial charge on any atom is 0.110 e. The third kappa shape index (κ3) is 2.54. The largest absolute Gasteiger partial charge is 0.401 e. The van der Waals surface area contributed by atoms with Gasteiger partial charge in [0.15, 0.2) is 0 Å². The molecule has 0 amide bonds. The molecule has 3 heteroatoms. The summed E-state index contributed by atoms with van der Waals surface area (Å²) in [5, 5.41) is 1.95. The quantitative estimate of drug-likeness (QED) is 0.798. The third-order valence-corrected chi connectivity index (χ3v) is 3.68. The van der Waals surface area contributed by atoms with E-state index in [4.69, 9.17) is 11.5 Å². The van der Waals surface area contributed by atoms with Crippen molar-refractivity contribution in [3.05, 3.63) is 57.6 Å². The summed E-state index contributed by atoms with van der Waals surface area (Å²) >= 11 is 0. The van der Waals surface area contributed by atoms with Gasteiger partial charge in [0.25, 0.3) is 0 Å². The highest BCUT2D eigenvalue weighted by Gasteiger charge is 2.25. The molecule has 0 saturated heterocycles. The molecule has 1 aromatic rings. The van der Waals surface area contributed by atoms with Crippen LogP contribution < -0.4 is 22.0 Å². The topological polar surface area (TPSA) is 64.4 Å². The maximum absolute atomic E-state index is 6.40. The number of hydrogen-bond acceptors (Lipinski definition) is 3. The van der Waals surface area contributed by atoms with E-state index in [-0.39, 0.29) is 12.1 Å². The van der Waals surface area contributed by atoms with Crippen molar-refractivity contribution in [1.29, 1.82) is 0 Å². The van der Waals surface area contributed by atoms with E-state index in [2.05, 4.69) is 30.6 Å². The molecule has 0 spiro atoms. The fraction of sp³-hybridized carbons (Fsp3) is 0.353. The molecule has 4 N–H and O–H groups in total. The van der Waals surface area contributed by atoms with Gasteiger partial charge in [0.1, 0.15) is 6.17 Å². The van der Waals surface area contributed by atoms with Crippen LogP contribution in [0.5, 0.6) is 0 Å². The SMILES string of the molecule is C=C(C)/C=C(/C)C1C(N)=c2cc(C)cc(C)c2=NC1N. The Bertz CT molecular complexity index is 710. The van der Waals surface area contributed by atoms with E-state index >= 15 is 0 Å². The Labute approximate surface area is 120 Å². The van der Waals surface area contributed by atoms with Crippen molar-refractivity contribution in [2.24, 2.45) is 22.4 Å². The van der Waals surface area contributed by atoms with Crippen molar-refractivity contribution in [2.45, 2.75) is 33.9 Å². The van der Waals surface area contributed by atoms with Crippen LogP contribution in [-0.4, -0.2) is 6.17 Å². The Morgan fingerprint density at radius 3 is 2.55 bits per heavy atom. The highest BCUT2D eigenvalue weighted by Crippen LogP contribution is 2.23. The molecule has 1 aromatic carbocycles. The van der Waals surface area contributed by atoms with E-state index in [1.807, 2.05) is 26.8 Å². The number of aryl methyl sites for hydroxylation is 2. The first-order valence-corrected chi connectivity index (χ1v) is 6.85. The Balaban J connectivity index is 2.72. The summed E-state index contributed by atoms with van der Waals surface area (Å²) in [4.78, 5) is 4.65. The van der Waals surface area contributed by atoms with Crippen molar-refractivity contribution >= 4 is 5.70 Å². The van der Waals surface area contributed by atoms with Gasteiger partial charge in [0.2, 0.25) is 0 Å². The molecule has 0 radical (unpaired) electrons. The zero-order chi connectivity index (χ0) is 15.0. The number of hydrogen-bond donors (Lipinski definition) is 2. The van der Waals surface area contributed by atoms with Gasteiger partial charge in [0, 0.05) is 10.9 Å². The average molecular weight is 269 g/mol. The number of benzene rings is 1. The molecular weight excluding hydrogens is 246 g/mol. The molecule has 106 valence electrons. The smallest absolute Gasteiger partial charge is 0.110 e. The van der Waals surface area contributed by atoms with Crippen LogP contribution in [0.25, 0.3) is 5.70 Å². The molecule has 20 heavy (non-hydrogen) atoms. The molecule has 2 rings (SSSR count). The molecule has 1 aliphatic heterocycles. The molecule has 2 unspecified atom stereocenters. The van der Waals surface area contributed by atoms with Crippen molar-refractivity contribution in [3.8, 4) is 0 Å². The van der Waals surface area contributed by atoms with Crippen LogP contribution in [0.2, 0.25) is 0 Å². The van der Waals surface area contributed by atoms with Crippen molar-refractivity contribution < 1.29 is 0 Å². The summed E-state index contributed by atoms with van der Waals surface area (Å²) in [6.45, 7) is 12.0. The highest BCUT2D eigenvalue weighted by molar-refractivity contribution is 5.52. The molecule has 0 aromatic heterocycles. The molecule has 0 fully saturated rings. The Morgan fingerprint density at radius 1 is 1.30 bits per heavy atom. The standard InChI is InChI=1S/C17H23N3/c1-9(2)6-11(4)14-15(18)13-8-10(3)7-12(5)16(13)20-17(14)19/h6-8,14,17H,1,18-19H2,2-5H3/b11-6-. The minimum absolute atomic E-state index is 0.0552. The van der Waals surface area contributed by atoms with Crippen molar-refractivity contribution in [1.82, 2.24) is 0 Å². The molecule has 3 nitrogen and oxygen atoms in total. The van der Waals surface area contributed by atoms with E-state index in [0.29, 0.717) is 0 Å². The first-order chi connectivity index (χ1) is 9.31. The van der Waals surface area contributed by atoms with Gasteiger partial charge in [-0.3, -0.25) is 4.99 Å². The van der Waals surface area contributed by atoms with Crippen molar-refractivity contribution in [3.63, 3.8) is 0 Å². The molecule has 1 heterocycles. The monoisotopic (exact) mass is 269 g/mol. The number of rotatable bonds is 2. The summed E-state index contributed by atoms with van der Waals surface area (Å²) in [6, 6.07) is 4.20. The van der Waals surface area contributed by atoms with Crippen LogP contribution in [0.1, 0.15) is 25.0 Å². The van der Waals surface area contributed by atoms with Gasteiger partial charge in [-0.1, -0.05) is 35.4 Å². The minimum Gasteiger partial charge on any atom is -0.401 e. The zero-order valence-electron chi connectivity index (χ0n) is 12.7. The lowest BCUT2D eigenvalue weighted by Crippen LogP contribution is -2.47. The van der Waals surface area contributed by atoms with Crippen LogP contribution in [0.15, 0.2) is 40.9 Å². The lowest BCUT2D eigenvalue weighted by Gasteiger charge is -2.26. The van der Waals surface area contributed by atoms with E-state index in [0.717, 1.165) is 33.0 Å². The second kappa shape index (κ2) is 5.25. The molecule has 0 saturated carbocycles. The van der Waals surface area contributed by atoms with Crippen LogP contribution in [0, 0.1) is 19.8 Å².